The highest BCUT2D eigenvalue weighted by Crippen LogP contribution is 2.25. The summed E-state index contributed by atoms with van der Waals surface area (Å²) in [7, 11) is 0. The molecule has 2 aromatic rings. The summed E-state index contributed by atoms with van der Waals surface area (Å²) in [5.74, 6) is 0.665. The van der Waals surface area contributed by atoms with Gasteiger partial charge in [0.25, 0.3) is 0 Å². The summed E-state index contributed by atoms with van der Waals surface area (Å²) in [6.45, 7) is 0.303. The van der Waals surface area contributed by atoms with Gasteiger partial charge in [-0.3, -0.25) is 4.79 Å². The fourth-order valence-corrected chi connectivity index (χ4v) is 2.48. The number of aliphatic carboxylic acids is 1. The van der Waals surface area contributed by atoms with Gasteiger partial charge in [-0.15, -0.1) is 0 Å². The Morgan fingerprint density at radius 3 is 1.93 bits per heavy atom. The molecule has 27 heavy (non-hydrogen) atoms. The van der Waals surface area contributed by atoms with E-state index >= 15 is 0 Å². The van der Waals surface area contributed by atoms with Crippen molar-refractivity contribution in [3.05, 3.63) is 48.5 Å². The fraction of sp³-hybridized carbons (Fsp3) is 0.381. The number of hydrogen-bond donors (Lipinski definition) is 3. The summed E-state index contributed by atoms with van der Waals surface area (Å²) >= 11 is 0. The lowest BCUT2D eigenvalue weighted by atomic mass is 10.1. The van der Waals surface area contributed by atoms with Crippen LogP contribution in [0, 0.1) is 0 Å². The summed E-state index contributed by atoms with van der Waals surface area (Å²) in [5.41, 5.74) is 2.08. The number of aliphatic hydroxyl groups excluding tert-OH is 2. The second-order valence-electron chi connectivity index (χ2n) is 6.25. The van der Waals surface area contributed by atoms with Gasteiger partial charge in [-0.25, -0.2) is 0 Å². The van der Waals surface area contributed by atoms with Gasteiger partial charge >= 0.3 is 5.97 Å². The van der Waals surface area contributed by atoms with E-state index in [2.05, 4.69) is 0 Å². The Kier molecular flexibility index (Phi) is 8.61. The molecule has 0 aliphatic heterocycles. The second kappa shape index (κ2) is 11.2. The maximum absolute atomic E-state index is 10.4. The van der Waals surface area contributed by atoms with Crippen molar-refractivity contribution in [2.45, 2.75) is 31.8 Å². The van der Waals surface area contributed by atoms with Crippen LogP contribution in [0.15, 0.2) is 48.5 Å². The van der Waals surface area contributed by atoms with Crippen molar-refractivity contribution in [3.8, 4) is 22.6 Å². The highest BCUT2D eigenvalue weighted by atomic mass is 16.5. The van der Waals surface area contributed by atoms with E-state index in [4.69, 9.17) is 19.7 Å². The summed E-state index contributed by atoms with van der Waals surface area (Å²) in [6.07, 6.45) is 1.68. The van der Waals surface area contributed by atoms with Gasteiger partial charge < -0.3 is 24.8 Å². The molecule has 146 valence electrons. The van der Waals surface area contributed by atoms with Crippen LogP contribution >= 0.6 is 0 Å². The topological polar surface area (TPSA) is 96.2 Å². The van der Waals surface area contributed by atoms with E-state index in [9.17, 15) is 9.90 Å². The predicted molar refractivity (Wildman–Crippen MR) is 102 cm³/mol. The summed E-state index contributed by atoms with van der Waals surface area (Å²) in [5, 5.41) is 26.7. The largest absolute Gasteiger partial charge is 0.494 e. The van der Waals surface area contributed by atoms with Crippen molar-refractivity contribution < 1.29 is 29.6 Å². The number of ether oxygens (including phenoxy) is 2. The molecule has 0 bridgehead atoms. The molecule has 2 aromatic carbocycles. The Morgan fingerprint density at radius 2 is 1.41 bits per heavy atom. The molecule has 0 aromatic heterocycles. The Morgan fingerprint density at radius 1 is 0.852 bits per heavy atom. The molecular weight excluding hydrogens is 348 g/mol. The average molecular weight is 374 g/mol. The highest BCUT2D eigenvalue weighted by molar-refractivity contribution is 5.66. The normalized spacial score (nSPS) is 11.8. The molecule has 0 aliphatic carbocycles. The maximum atomic E-state index is 10.4. The van der Waals surface area contributed by atoms with Gasteiger partial charge in [0.2, 0.25) is 0 Å². The zero-order valence-electron chi connectivity index (χ0n) is 15.2. The highest BCUT2D eigenvalue weighted by Gasteiger charge is 2.04. The first-order valence-corrected chi connectivity index (χ1v) is 9.05. The van der Waals surface area contributed by atoms with E-state index in [1.807, 2.05) is 48.5 Å². The molecular formula is C21H26O6. The third kappa shape index (κ3) is 7.68. The first kappa shape index (κ1) is 20.7. The lowest BCUT2D eigenvalue weighted by molar-refractivity contribution is -0.137. The SMILES string of the molecule is O=C(O)CCCCCOc1ccc(-c2ccc(OCC(O)CO)cc2)cc1. The molecule has 0 saturated carbocycles. The molecule has 0 aliphatic rings. The lowest BCUT2D eigenvalue weighted by Gasteiger charge is -2.11. The minimum atomic E-state index is -0.880. The maximum Gasteiger partial charge on any atom is 0.303 e. The van der Waals surface area contributed by atoms with Gasteiger partial charge in [0.15, 0.2) is 0 Å². The fourth-order valence-electron chi connectivity index (χ4n) is 2.48. The van der Waals surface area contributed by atoms with Crippen molar-refractivity contribution in [2.75, 3.05) is 19.8 Å². The Hall–Kier alpha value is -2.57. The molecule has 1 unspecified atom stereocenters. The molecule has 0 spiro atoms. The Bertz CT molecular complexity index is 681. The molecule has 2 rings (SSSR count). The number of aliphatic hydroxyl groups is 2. The Labute approximate surface area is 159 Å². The van der Waals surface area contributed by atoms with Crippen molar-refractivity contribution in [1.82, 2.24) is 0 Å². The number of rotatable bonds is 12. The van der Waals surface area contributed by atoms with Crippen molar-refractivity contribution in [2.24, 2.45) is 0 Å². The second-order valence-corrected chi connectivity index (χ2v) is 6.25. The summed E-state index contributed by atoms with van der Waals surface area (Å²) in [4.78, 5) is 10.4. The minimum Gasteiger partial charge on any atom is -0.494 e. The van der Waals surface area contributed by atoms with Gasteiger partial charge in [-0.05, 0) is 54.7 Å². The van der Waals surface area contributed by atoms with Crippen molar-refractivity contribution in [3.63, 3.8) is 0 Å². The molecule has 0 heterocycles. The molecule has 0 radical (unpaired) electrons. The van der Waals surface area contributed by atoms with E-state index in [0.717, 1.165) is 29.7 Å². The van der Waals surface area contributed by atoms with Crippen LogP contribution in [-0.2, 0) is 4.79 Å². The number of hydrogen-bond acceptors (Lipinski definition) is 5. The quantitative estimate of drug-likeness (QED) is 0.494. The number of benzene rings is 2. The molecule has 0 saturated heterocycles. The summed E-state index contributed by atoms with van der Waals surface area (Å²) in [6, 6.07) is 15.3. The first-order chi connectivity index (χ1) is 13.1. The summed E-state index contributed by atoms with van der Waals surface area (Å²) < 4.78 is 11.1. The van der Waals surface area contributed by atoms with Crippen LogP contribution in [0.2, 0.25) is 0 Å². The van der Waals surface area contributed by atoms with Gasteiger partial charge in [0.1, 0.15) is 24.2 Å². The van der Waals surface area contributed by atoms with Crippen LogP contribution in [0.5, 0.6) is 11.5 Å². The number of carbonyl (C=O) groups is 1. The van der Waals surface area contributed by atoms with Crippen LogP contribution < -0.4 is 9.47 Å². The van der Waals surface area contributed by atoms with Crippen molar-refractivity contribution in [1.29, 1.82) is 0 Å². The van der Waals surface area contributed by atoms with Crippen LogP contribution in [-0.4, -0.2) is 47.2 Å². The zero-order chi connectivity index (χ0) is 19.5. The van der Waals surface area contributed by atoms with E-state index in [1.165, 1.54) is 0 Å². The minimum absolute atomic E-state index is 0.0538. The predicted octanol–water partition coefficient (Wildman–Crippen LogP) is 3.11. The third-order valence-corrected chi connectivity index (χ3v) is 4.00. The van der Waals surface area contributed by atoms with Gasteiger partial charge in [-0.1, -0.05) is 24.3 Å². The molecule has 0 amide bonds. The number of carboxylic acids is 1. The molecule has 1 atom stereocenters. The molecule has 3 N–H and O–H groups in total. The van der Waals surface area contributed by atoms with E-state index in [1.54, 1.807) is 0 Å². The molecule has 0 fully saturated rings. The number of unbranched alkanes of at least 4 members (excludes halogenated alkanes) is 2. The van der Waals surface area contributed by atoms with Gasteiger partial charge in [-0.2, -0.15) is 0 Å². The lowest BCUT2D eigenvalue weighted by Crippen LogP contribution is -2.21. The van der Waals surface area contributed by atoms with E-state index in [0.29, 0.717) is 18.8 Å². The Balaban J connectivity index is 1.78. The van der Waals surface area contributed by atoms with Crippen LogP contribution in [0.1, 0.15) is 25.7 Å². The standard InChI is InChI=1S/C21H26O6/c22-14-18(23)15-27-20-11-7-17(8-12-20)16-5-9-19(10-6-16)26-13-3-1-2-4-21(24)25/h5-12,18,22-23H,1-4,13-15H2,(H,24,25). The molecule has 6 nitrogen and oxygen atoms in total. The van der Waals surface area contributed by atoms with Gasteiger partial charge in [0, 0.05) is 6.42 Å². The van der Waals surface area contributed by atoms with Crippen LogP contribution in [0.25, 0.3) is 11.1 Å². The zero-order valence-corrected chi connectivity index (χ0v) is 15.2. The van der Waals surface area contributed by atoms with Crippen molar-refractivity contribution >= 4 is 5.97 Å². The first-order valence-electron chi connectivity index (χ1n) is 9.05. The number of carboxylic acid groups (broad SMARTS) is 1. The van der Waals surface area contributed by atoms with Crippen LogP contribution in [0.4, 0.5) is 0 Å². The smallest absolute Gasteiger partial charge is 0.303 e. The molecule has 6 heteroatoms. The monoisotopic (exact) mass is 374 g/mol. The van der Waals surface area contributed by atoms with Gasteiger partial charge in [0.05, 0.1) is 13.2 Å². The third-order valence-electron chi connectivity index (χ3n) is 4.00. The van der Waals surface area contributed by atoms with E-state index < -0.39 is 12.1 Å². The average Bonchev–Trinajstić information content (AvgIpc) is 2.69. The van der Waals surface area contributed by atoms with E-state index in [-0.39, 0.29) is 19.6 Å². The van der Waals surface area contributed by atoms with Crippen LogP contribution in [0.3, 0.4) is 0 Å².